The molecule has 0 aromatic carbocycles. The van der Waals surface area contributed by atoms with Crippen LogP contribution in [0, 0.1) is 5.82 Å². The van der Waals surface area contributed by atoms with Crippen molar-refractivity contribution in [1.82, 2.24) is 10.4 Å². The molecule has 0 fully saturated rings. The molecule has 9 heteroatoms. The number of amides is 1. The van der Waals surface area contributed by atoms with Crippen molar-refractivity contribution < 1.29 is 23.4 Å². The fraction of sp³-hybridized carbons (Fsp3) is 0.562. The molecule has 1 aromatic rings. The summed E-state index contributed by atoms with van der Waals surface area (Å²) in [5.41, 5.74) is 1.88. The minimum absolute atomic E-state index is 0.127. The number of carbonyl (C=O) groups excluding carboxylic acids is 1. The Hall–Kier alpha value is -1.58. The summed E-state index contributed by atoms with van der Waals surface area (Å²) in [6.07, 6.45) is -0.391. The van der Waals surface area contributed by atoms with E-state index in [-0.39, 0.29) is 17.9 Å². The fourth-order valence-electron chi connectivity index (χ4n) is 1.88. The molecule has 1 rings (SSSR count). The molecule has 0 saturated carbocycles. The molecule has 0 spiro atoms. The monoisotopic (exact) mass is 419 g/mol. The number of hydrazone groups is 1. The third-order valence-electron chi connectivity index (χ3n) is 2.76. The van der Waals surface area contributed by atoms with E-state index in [1.807, 2.05) is 0 Å². The average Bonchev–Trinajstić information content (AvgIpc) is 2.49. The highest BCUT2D eigenvalue weighted by Crippen LogP contribution is 2.17. The molecule has 0 radical (unpaired) electrons. The number of ether oxygens (including phenoxy) is 3. The Labute approximate surface area is 155 Å². The van der Waals surface area contributed by atoms with Gasteiger partial charge in [-0.05, 0) is 49.7 Å². The van der Waals surface area contributed by atoms with Crippen LogP contribution in [0.25, 0.3) is 0 Å². The highest BCUT2D eigenvalue weighted by atomic mass is 79.9. The number of methoxy groups -OCH3 is 1. The van der Waals surface area contributed by atoms with Gasteiger partial charge in [-0.15, -0.1) is 0 Å². The van der Waals surface area contributed by atoms with Crippen molar-refractivity contribution in [3.63, 3.8) is 0 Å². The summed E-state index contributed by atoms with van der Waals surface area (Å²) in [6, 6.07) is 1.45. The van der Waals surface area contributed by atoms with E-state index in [9.17, 15) is 9.18 Å². The highest BCUT2D eigenvalue weighted by molar-refractivity contribution is 9.10. The Morgan fingerprint density at radius 2 is 2.16 bits per heavy atom. The lowest BCUT2D eigenvalue weighted by molar-refractivity contribution is 0.0422. The van der Waals surface area contributed by atoms with Crippen LogP contribution in [-0.2, 0) is 14.2 Å². The van der Waals surface area contributed by atoms with Gasteiger partial charge in [-0.25, -0.2) is 19.6 Å². The predicted molar refractivity (Wildman–Crippen MR) is 95.1 cm³/mol. The van der Waals surface area contributed by atoms with Crippen LogP contribution in [0.4, 0.5) is 9.18 Å². The zero-order valence-electron chi connectivity index (χ0n) is 14.9. The molecular weight excluding hydrogens is 397 g/mol. The van der Waals surface area contributed by atoms with Gasteiger partial charge in [0.05, 0.1) is 12.8 Å². The van der Waals surface area contributed by atoms with Gasteiger partial charge in [-0.1, -0.05) is 0 Å². The summed E-state index contributed by atoms with van der Waals surface area (Å²) in [6.45, 7) is 7.45. The summed E-state index contributed by atoms with van der Waals surface area (Å²) in [7, 11) is 1.49. The minimum atomic E-state index is -0.758. The minimum Gasteiger partial charge on any atom is -0.443 e. The third-order valence-corrected chi connectivity index (χ3v) is 3.19. The normalized spacial score (nSPS) is 13.5. The first-order valence-corrected chi connectivity index (χ1v) is 8.45. The van der Waals surface area contributed by atoms with Crippen LogP contribution in [0.2, 0.25) is 0 Å². The van der Waals surface area contributed by atoms with Crippen LogP contribution in [0.5, 0.6) is 0 Å². The molecule has 0 aliphatic rings. The number of rotatable bonds is 7. The van der Waals surface area contributed by atoms with Crippen molar-refractivity contribution >= 4 is 27.7 Å². The van der Waals surface area contributed by atoms with E-state index in [2.05, 4.69) is 31.4 Å². The van der Waals surface area contributed by atoms with Gasteiger partial charge in [-0.2, -0.15) is 5.10 Å². The predicted octanol–water partition coefficient (Wildman–Crippen LogP) is 3.26. The average molecular weight is 420 g/mol. The Morgan fingerprint density at radius 3 is 2.72 bits per heavy atom. The molecule has 0 saturated heterocycles. The number of nitrogens with one attached hydrogen (secondary N) is 1. The number of hydrogen-bond donors (Lipinski definition) is 1. The van der Waals surface area contributed by atoms with E-state index >= 15 is 0 Å². The first-order valence-electron chi connectivity index (χ1n) is 7.66. The SMILES string of the molecule is CCOC(COC)/C(=N\NC(=O)OC(C)(C)C)c1cc(Br)ncc1F. The lowest BCUT2D eigenvalue weighted by Gasteiger charge is -2.21. The van der Waals surface area contributed by atoms with Crippen LogP contribution < -0.4 is 5.43 Å². The van der Waals surface area contributed by atoms with Gasteiger partial charge in [-0.3, -0.25) is 0 Å². The van der Waals surface area contributed by atoms with Crippen LogP contribution in [0.15, 0.2) is 22.0 Å². The molecule has 140 valence electrons. The van der Waals surface area contributed by atoms with E-state index < -0.39 is 23.6 Å². The maximum Gasteiger partial charge on any atom is 0.428 e. The first-order chi connectivity index (χ1) is 11.7. The largest absolute Gasteiger partial charge is 0.443 e. The Bertz CT molecular complexity index is 614. The Morgan fingerprint density at radius 1 is 1.48 bits per heavy atom. The highest BCUT2D eigenvalue weighted by Gasteiger charge is 2.23. The van der Waals surface area contributed by atoms with Crippen molar-refractivity contribution in [2.24, 2.45) is 5.10 Å². The van der Waals surface area contributed by atoms with Crippen molar-refractivity contribution in [1.29, 1.82) is 0 Å². The summed E-state index contributed by atoms with van der Waals surface area (Å²) >= 11 is 3.19. The van der Waals surface area contributed by atoms with Gasteiger partial charge in [0.2, 0.25) is 0 Å². The van der Waals surface area contributed by atoms with Gasteiger partial charge >= 0.3 is 6.09 Å². The fourth-order valence-corrected chi connectivity index (χ4v) is 2.21. The molecule has 1 unspecified atom stereocenters. The number of aromatic nitrogens is 1. The van der Waals surface area contributed by atoms with Gasteiger partial charge in [0.15, 0.2) is 5.82 Å². The smallest absolute Gasteiger partial charge is 0.428 e. The van der Waals surface area contributed by atoms with E-state index in [1.165, 1.54) is 13.2 Å². The number of pyridine rings is 1. The number of halogens is 2. The molecule has 1 N–H and O–H groups in total. The second-order valence-corrected chi connectivity index (χ2v) is 6.81. The van der Waals surface area contributed by atoms with E-state index in [0.29, 0.717) is 11.2 Å². The summed E-state index contributed by atoms with van der Waals surface area (Å²) < 4.78 is 30.5. The molecule has 0 bridgehead atoms. The maximum atomic E-state index is 14.3. The molecule has 25 heavy (non-hydrogen) atoms. The molecule has 7 nitrogen and oxygen atoms in total. The molecule has 1 amide bonds. The first kappa shape index (κ1) is 21.5. The van der Waals surface area contributed by atoms with Gasteiger partial charge in [0, 0.05) is 19.3 Å². The second kappa shape index (κ2) is 9.79. The maximum absolute atomic E-state index is 14.3. The van der Waals surface area contributed by atoms with Crippen LogP contribution in [0.1, 0.15) is 33.3 Å². The lowest BCUT2D eigenvalue weighted by atomic mass is 10.1. The topological polar surface area (TPSA) is 82.0 Å². The van der Waals surface area contributed by atoms with Crippen LogP contribution in [0.3, 0.4) is 0 Å². The standard InChI is InChI=1S/C16H23BrFN3O4/c1-6-24-12(9-23-5)14(10-7-13(17)19-8-11(10)18)20-21-15(22)25-16(2,3)4/h7-8,12H,6,9H2,1-5H3,(H,21,22)/b20-14-. The molecule has 0 aliphatic heterocycles. The summed E-state index contributed by atoms with van der Waals surface area (Å²) in [4.78, 5) is 15.7. The van der Waals surface area contributed by atoms with Crippen molar-refractivity contribution in [3.8, 4) is 0 Å². The molecular formula is C16H23BrFN3O4. The van der Waals surface area contributed by atoms with Crippen molar-refractivity contribution in [3.05, 3.63) is 28.2 Å². The molecule has 1 aromatic heterocycles. The third kappa shape index (κ3) is 7.45. The second-order valence-electron chi connectivity index (χ2n) is 6.00. The van der Waals surface area contributed by atoms with Gasteiger partial charge < -0.3 is 14.2 Å². The summed E-state index contributed by atoms with van der Waals surface area (Å²) in [5, 5.41) is 4.02. The van der Waals surface area contributed by atoms with E-state index in [1.54, 1.807) is 27.7 Å². The summed E-state index contributed by atoms with van der Waals surface area (Å²) in [5.74, 6) is -0.603. The van der Waals surface area contributed by atoms with Crippen molar-refractivity contribution in [2.75, 3.05) is 20.3 Å². The lowest BCUT2D eigenvalue weighted by Crippen LogP contribution is -2.35. The number of hydrogen-bond acceptors (Lipinski definition) is 6. The van der Waals surface area contributed by atoms with E-state index in [4.69, 9.17) is 14.2 Å². The number of carbonyl (C=O) groups is 1. The zero-order valence-corrected chi connectivity index (χ0v) is 16.5. The number of nitrogens with zero attached hydrogens (tertiary/aromatic N) is 2. The van der Waals surface area contributed by atoms with Gasteiger partial charge in [0.1, 0.15) is 22.0 Å². The molecule has 0 aliphatic carbocycles. The Kier molecular flexibility index (Phi) is 8.40. The molecule has 1 atom stereocenters. The van der Waals surface area contributed by atoms with Crippen molar-refractivity contribution in [2.45, 2.75) is 39.4 Å². The van der Waals surface area contributed by atoms with Crippen LogP contribution in [-0.4, -0.2) is 48.8 Å². The molecule has 1 heterocycles. The zero-order chi connectivity index (χ0) is 19.0. The Balaban J connectivity index is 3.20. The van der Waals surface area contributed by atoms with Gasteiger partial charge in [0.25, 0.3) is 0 Å². The van der Waals surface area contributed by atoms with E-state index in [0.717, 1.165) is 6.20 Å². The van der Waals surface area contributed by atoms with Crippen LogP contribution >= 0.6 is 15.9 Å². The quantitative estimate of drug-likeness (QED) is 0.416.